The minimum atomic E-state index is -0.976. The highest BCUT2D eigenvalue weighted by molar-refractivity contribution is 5.83. The molecule has 0 spiro atoms. The lowest BCUT2D eigenvalue weighted by molar-refractivity contribution is -0.147. The van der Waals surface area contributed by atoms with E-state index < -0.39 is 5.97 Å². The first-order valence-electron chi connectivity index (χ1n) is 6.77. The molecule has 0 radical (unpaired) electrons. The Balaban J connectivity index is 1.63. The molecule has 3 rings (SSSR count). The quantitative estimate of drug-likeness (QED) is 0.844. The van der Waals surface area contributed by atoms with Crippen molar-refractivity contribution >= 4 is 22.9 Å². The van der Waals surface area contributed by atoms with Crippen molar-refractivity contribution in [2.45, 2.75) is 6.54 Å². The van der Waals surface area contributed by atoms with E-state index in [0.717, 1.165) is 16.7 Å². The molecule has 21 heavy (non-hydrogen) atoms. The van der Waals surface area contributed by atoms with E-state index in [1.807, 2.05) is 29.3 Å². The second kappa shape index (κ2) is 5.53. The highest BCUT2D eigenvalue weighted by Gasteiger charge is 2.25. The van der Waals surface area contributed by atoms with Gasteiger partial charge in [-0.15, -0.1) is 0 Å². The molecule has 0 aromatic carbocycles. The van der Waals surface area contributed by atoms with Crippen LogP contribution in [0, 0.1) is 0 Å². The van der Waals surface area contributed by atoms with Crippen LogP contribution in [0.2, 0.25) is 0 Å². The van der Waals surface area contributed by atoms with Crippen LogP contribution in [0.25, 0.3) is 11.0 Å². The van der Waals surface area contributed by atoms with Crippen molar-refractivity contribution in [3.05, 3.63) is 30.1 Å². The van der Waals surface area contributed by atoms with Gasteiger partial charge in [0.2, 0.25) is 5.91 Å². The zero-order valence-electron chi connectivity index (χ0n) is 11.5. The van der Waals surface area contributed by atoms with Gasteiger partial charge in [-0.1, -0.05) is 0 Å². The molecule has 3 heterocycles. The number of pyridine rings is 1. The van der Waals surface area contributed by atoms with Gasteiger partial charge in [0.25, 0.3) is 0 Å². The van der Waals surface area contributed by atoms with Crippen molar-refractivity contribution < 1.29 is 14.7 Å². The number of hydrogen-bond acceptors (Lipinski definition) is 4. The number of carbonyl (C=O) groups excluding carboxylic acids is 1. The van der Waals surface area contributed by atoms with Crippen LogP contribution in [0.15, 0.2) is 24.4 Å². The number of fused-ring (bicyclic) bond motifs is 1. The lowest BCUT2D eigenvalue weighted by Gasteiger charge is -2.33. The molecule has 0 unspecified atom stereocenters. The number of aromatic amines is 1. The van der Waals surface area contributed by atoms with Crippen molar-refractivity contribution in [2.24, 2.45) is 0 Å². The Kier molecular flexibility index (Phi) is 3.57. The summed E-state index contributed by atoms with van der Waals surface area (Å²) in [6, 6.07) is 5.90. The van der Waals surface area contributed by atoms with Crippen LogP contribution >= 0.6 is 0 Å². The van der Waals surface area contributed by atoms with Crippen molar-refractivity contribution in [1.82, 2.24) is 19.8 Å². The van der Waals surface area contributed by atoms with Gasteiger partial charge in [-0.2, -0.15) is 0 Å². The van der Waals surface area contributed by atoms with Crippen LogP contribution in [-0.4, -0.2) is 62.9 Å². The van der Waals surface area contributed by atoms with E-state index >= 15 is 0 Å². The molecule has 110 valence electrons. The summed E-state index contributed by atoms with van der Waals surface area (Å²) in [7, 11) is 0. The van der Waals surface area contributed by atoms with E-state index in [1.165, 1.54) is 4.90 Å². The molecule has 1 saturated heterocycles. The average molecular weight is 288 g/mol. The topological polar surface area (TPSA) is 89.5 Å². The van der Waals surface area contributed by atoms with Crippen LogP contribution < -0.4 is 0 Å². The fourth-order valence-electron chi connectivity index (χ4n) is 2.51. The SMILES string of the molecule is O=C(O)CN1CCN(Cc2ccc3cc[nH]c3n2)CC1=O. The second-order valence-corrected chi connectivity index (χ2v) is 5.14. The number of carboxylic acid groups (broad SMARTS) is 1. The van der Waals surface area contributed by atoms with Crippen LogP contribution in [0.1, 0.15) is 5.69 Å². The Labute approximate surface area is 121 Å². The summed E-state index contributed by atoms with van der Waals surface area (Å²) in [5, 5.41) is 9.80. The zero-order valence-corrected chi connectivity index (χ0v) is 11.5. The van der Waals surface area contributed by atoms with Crippen molar-refractivity contribution in [2.75, 3.05) is 26.2 Å². The van der Waals surface area contributed by atoms with Gasteiger partial charge in [-0.25, -0.2) is 4.98 Å². The lowest BCUT2D eigenvalue weighted by Crippen LogP contribution is -2.51. The number of hydrogen-bond donors (Lipinski definition) is 2. The smallest absolute Gasteiger partial charge is 0.323 e. The van der Waals surface area contributed by atoms with E-state index in [1.54, 1.807) is 0 Å². The fourth-order valence-corrected chi connectivity index (χ4v) is 2.51. The molecule has 2 aromatic rings. The maximum absolute atomic E-state index is 11.9. The Morgan fingerprint density at radius 1 is 1.33 bits per heavy atom. The number of amides is 1. The molecule has 1 aliphatic heterocycles. The number of carbonyl (C=O) groups is 2. The van der Waals surface area contributed by atoms with Gasteiger partial charge in [0.15, 0.2) is 0 Å². The van der Waals surface area contributed by atoms with E-state index in [0.29, 0.717) is 19.6 Å². The van der Waals surface area contributed by atoms with Gasteiger partial charge in [0.1, 0.15) is 12.2 Å². The number of rotatable bonds is 4. The number of aromatic nitrogens is 2. The minimum Gasteiger partial charge on any atom is -0.480 e. The summed E-state index contributed by atoms with van der Waals surface area (Å²) in [5.41, 5.74) is 1.73. The molecule has 7 nitrogen and oxygen atoms in total. The summed E-state index contributed by atoms with van der Waals surface area (Å²) < 4.78 is 0. The van der Waals surface area contributed by atoms with E-state index in [-0.39, 0.29) is 19.0 Å². The Morgan fingerprint density at radius 3 is 2.95 bits per heavy atom. The molecule has 1 fully saturated rings. The molecule has 0 bridgehead atoms. The lowest BCUT2D eigenvalue weighted by atomic mass is 10.2. The summed E-state index contributed by atoms with van der Waals surface area (Å²) in [6.45, 7) is 1.69. The molecule has 0 atom stereocenters. The summed E-state index contributed by atoms with van der Waals surface area (Å²) >= 11 is 0. The maximum atomic E-state index is 11.9. The molecule has 2 N–H and O–H groups in total. The first-order valence-corrected chi connectivity index (χ1v) is 6.77. The van der Waals surface area contributed by atoms with Crippen molar-refractivity contribution in [1.29, 1.82) is 0 Å². The van der Waals surface area contributed by atoms with Crippen LogP contribution in [0.5, 0.6) is 0 Å². The predicted molar refractivity (Wildman–Crippen MR) is 75.6 cm³/mol. The van der Waals surface area contributed by atoms with Crippen molar-refractivity contribution in [3.63, 3.8) is 0 Å². The third kappa shape index (κ3) is 3.03. The number of piperazine rings is 1. The molecule has 1 amide bonds. The van der Waals surface area contributed by atoms with Gasteiger partial charge in [0, 0.05) is 31.2 Å². The normalized spacial score (nSPS) is 16.6. The van der Waals surface area contributed by atoms with Crippen molar-refractivity contribution in [3.8, 4) is 0 Å². The molecular formula is C14H16N4O3. The number of nitrogens with one attached hydrogen (secondary N) is 1. The number of nitrogens with zero attached hydrogens (tertiary/aromatic N) is 3. The maximum Gasteiger partial charge on any atom is 0.323 e. The summed E-state index contributed by atoms with van der Waals surface area (Å²) in [6.07, 6.45) is 1.84. The third-order valence-corrected chi connectivity index (χ3v) is 3.58. The Hall–Kier alpha value is -2.41. The van der Waals surface area contributed by atoms with Gasteiger partial charge in [-0.3, -0.25) is 14.5 Å². The predicted octanol–water partition coefficient (Wildman–Crippen LogP) is 0.292. The van der Waals surface area contributed by atoms with E-state index in [9.17, 15) is 9.59 Å². The fraction of sp³-hybridized carbons (Fsp3) is 0.357. The molecular weight excluding hydrogens is 272 g/mol. The van der Waals surface area contributed by atoms with E-state index in [4.69, 9.17) is 5.11 Å². The molecule has 7 heteroatoms. The number of aliphatic carboxylic acids is 1. The standard InChI is InChI=1S/C14H16N4O3/c19-12-8-17(5-6-18(12)9-13(20)21)7-11-2-1-10-3-4-15-14(10)16-11/h1-4H,5-9H2,(H,15,16)(H,20,21). The number of H-pyrrole nitrogens is 1. The van der Waals surface area contributed by atoms with Gasteiger partial charge in [0.05, 0.1) is 12.2 Å². The van der Waals surface area contributed by atoms with Gasteiger partial charge in [-0.05, 0) is 18.2 Å². The summed E-state index contributed by atoms with van der Waals surface area (Å²) in [5.74, 6) is -1.12. The minimum absolute atomic E-state index is 0.149. The Bertz CT molecular complexity index is 682. The Morgan fingerprint density at radius 2 is 2.19 bits per heavy atom. The van der Waals surface area contributed by atoms with Crippen LogP contribution in [-0.2, 0) is 16.1 Å². The first-order chi connectivity index (χ1) is 10.1. The molecule has 0 aliphatic carbocycles. The van der Waals surface area contributed by atoms with Gasteiger partial charge >= 0.3 is 5.97 Å². The molecule has 1 aliphatic rings. The van der Waals surface area contributed by atoms with Crippen LogP contribution in [0.4, 0.5) is 0 Å². The third-order valence-electron chi connectivity index (χ3n) is 3.58. The summed E-state index contributed by atoms with van der Waals surface area (Å²) in [4.78, 5) is 33.5. The number of carboxylic acids is 1. The average Bonchev–Trinajstić information content (AvgIpc) is 2.89. The highest BCUT2D eigenvalue weighted by atomic mass is 16.4. The zero-order chi connectivity index (χ0) is 14.8. The second-order valence-electron chi connectivity index (χ2n) is 5.14. The molecule has 0 saturated carbocycles. The van der Waals surface area contributed by atoms with Crippen LogP contribution in [0.3, 0.4) is 0 Å². The largest absolute Gasteiger partial charge is 0.480 e. The monoisotopic (exact) mass is 288 g/mol. The highest BCUT2D eigenvalue weighted by Crippen LogP contribution is 2.13. The first kappa shape index (κ1) is 13.6. The molecule has 2 aromatic heterocycles. The van der Waals surface area contributed by atoms with Gasteiger partial charge < -0.3 is 15.0 Å². The van der Waals surface area contributed by atoms with E-state index in [2.05, 4.69) is 9.97 Å².